The van der Waals surface area contributed by atoms with Crippen molar-refractivity contribution in [1.82, 2.24) is 30.5 Å². The van der Waals surface area contributed by atoms with Crippen LogP contribution in [0.2, 0.25) is 0 Å². The van der Waals surface area contributed by atoms with Crippen molar-refractivity contribution in [1.29, 1.82) is 0 Å². The van der Waals surface area contributed by atoms with Crippen LogP contribution in [0.1, 0.15) is 32.4 Å². The monoisotopic (exact) mass is 454 g/mol. The number of amides is 4. The molecule has 2 rings (SSSR count). The number of nitrogens with zero attached hydrogens (tertiary/aromatic N) is 4. The lowest BCUT2D eigenvalue weighted by Gasteiger charge is -2.11. The molecule has 2 N–H and O–H groups in total. The lowest BCUT2D eigenvalue weighted by Crippen LogP contribution is -2.37. The van der Waals surface area contributed by atoms with Crippen LogP contribution >= 0.6 is 0 Å². The summed E-state index contributed by atoms with van der Waals surface area (Å²) in [6.07, 6.45) is 2.87. The number of carbonyl (C=O) groups is 3. The fourth-order valence-corrected chi connectivity index (χ4v) is 2.93. The van der Waals surface area contributed by atoms with Crippen molar-refractivity contribution < 1.29 is 28.6 Å². The molecular formula is C20H34N6O6. The molecule has 0 bridgehead atoms. The standard InChI is InChI=1S/C20H34N6O6/c1-3-4-21-20(29)22-5-7-30-9-11-32-12-10-31-8-6-25-14-17(23-24-25)15-26-18(27)13-16(2)19(26)28/h14,16H,3-13,15H2,1-2H3,(H2,21,22,29). The maximum atomic E-state index is 12.0. The molecule has 1 unspecified atom stereocenters. The third-order valence-electron chi connectivity index (χ3n) is 4.65. The number of ether oxygens (including phenoxy) is 3. The Morgan fingerprint density at radius 2 is 1.72 bits per heavy atom. The highest BCUT2D eigenvalue weighted by molar-refractivity contribution is 6.03. The average molecular weight is 455 g/mol. The van der Waals surface area contributed by atoms with Crippen LogP contribution in [0.5, 0.6) is 0 Å². The van der Waals surface area contributed by atoms with Crippen molar-refractivity contribution in [3.05, 3.63) is 11.9 Å². The number of rotatable bonds is 16. The molecule has 1 aromatic rings. The maximum absolute atomic E-state index is 12.0. The van der Waals surface area contributed by atoms with Gasteiger partial charge in [-0.1, -0.05) is 19.1 Å². The zero-order chi connectivity index (χ0) is 23.2. The van der Waals surface area contributed by atoms with Gasteiger partial charge < -0.3 is 24.8 Å². The molecule has 2 heterocycles. The predicted molar refractivity (Wildman–Crippen MR) is 114 cm³/mol. The van der Waals surface area contributed by atoms with Crippen molar-refractivity contribution >= 4 is 17.8 Å². The van der Waals surface area contributed by atoms with Crippen LogP contribution in [0.3, 0.4) is 0 Å². The minimum Gasteiger partial charge on any atom is -0.377 e. The topological polar surface area (TPSA) is 137 Å². The molecule has 0 saturated carbocycles. The van der Waals surface area contributed by atoms with Crippen molar-refractivity contribution in [2.24, 2.45) is 5.92 Å². The second-order valence-corrected chi connectivity index (χ2v) is 7.42. The quantitative estimate of drug-likeness (QED) is 0.262. The van der Waals surface area contributed by atoms with Crippen LogP contribution in [0.4, 0.5) is 4.79 Å². The van der Waals surface area contributed by atoms with Gasteiger partial charge in [0.15, 0.2) is 0 Å². The van der Waals surface area contributed by atoms with Crippen LogP contribution in [-0.4, -0.2) is 90.5 Å². The Morgan fingerprint density at radius 1 is 1.06 bits per heavy atom. The molecule has 1 atom stereocenters. The van der Waals surface area contributed by atoms with Crippen LogP contribution < -0.4 is 10.6 Å². The van der Waals surface area contributed by atoms with Gasteiger partial charge in [-0.2, -0.15) is 0 Å². The van der Waals surface area contributed by atoms with E-state index in [1.165, 1.54) is 4.90 Å². The largest absolute Gasteiger partial charge is 0.377 e. The Morgan fingerprint density at radius 3 is 2.38 bits per heavy atom. The highest BCUT2D eigenvalue weighted by Gasteiger charge is 2.35. The first-order valence-electron chi connectivity index (χ1n) is 11.0. The van der Waals surface area contributed by atoms with E-state index in [-0.39, 0.29) is 36.7 Å². The molecule has 32 heavy (non-hydrogen) atoms. The van der Waals surface area contributed by atoms with Gasteiger partial charge in [-0.05, 0) is 6.42 Å². The first-order chi connectivity index (χ1) is 15.5. The molecule has 1 saturated heterocycles. The lowest BCUT2D eigenvalue weighted by atomic mass is 10.1. The smallest absolute Gasteiger partial charge is 0.314 e. The van der Waals surface area contributed by atoms with Crippen molar-refractivity contribution in [2.75, 3.05) is 52.7 Å². The van der Waals surface area contributed by atoms with Gasteiger partial charge in [0.2, 0.25) is 11.8 Å². The molecule has 1 aliphatic rings. The first-order valence-corrected chi connectivity index (χ1v) is 11.0. The van der Waals surface area contributed by atoms with Gasteiger partial charge >= 0.3 is 6.03 Å². The second kappa shape index (κ2) is 14.5. The van der Waals surface area contributed by atoms with Crippen LogP contribution in [0, 0.1) is 5.92 Å². The van der Waals surface area contributed by atoms with Crippen LogP contribution in [0.25, 0.3) is 0 Å². The SMILES string of the molecule is CCCNC(=O)NCCOCCOCCOCCn1cc(CN2C(=O)CC(C)C2=O)nn1. The molecule has 0 aliphatic carbocycles. The van der Waals surface area contributed by atoms with Crippen LogP contribution in [-0.2, 0) is 36.9 Å². The Bertz CT molecular complexity index is 727. The fourth-order valence-electron chi connectivity index (χ4n) is 2.93. The number of hydrogen-bond donors (Lipinski definition) is 2. The van der Waals surface area contributed by atoms with E-state index in [4.69, 9.17) is 14.2 Å². The number of carbonyl (C=O) groups excluding carboxylic acids is 3. The highest BCUT2D eigenvalue weighted by Crippen LogP contribution is 2.20. The van der Waals surface area contributed by atoms with Gasteiger partial charge in [0, 0.05) is 25.4 Å². The predicted octanol–water partition coefficient (Wildman–Crippen LogP) is -0.0679. The maximum Gasteiger partial charge on any atom is 0.314 e. The Balaban J connectivity index is 1.42. The minimum atomic E-state index is -0.264. The summed E-state index contributed by atoms with van der Waals surface area (Å²) in [4.78, 5) is 36.3. The van der Waals surface area contributed by atoms with Gasteiger partial charge in [0.1, 0.15) is 5.69 Å². The van der Waals surface area contributed by atoms with E-state index in [0.29, 0.717) is 65.0 Å². The summed E-state index contributed by atoms with van der Waals surface area (Å²) in [6.45, 7) is 8.16. The molecule has 12 heteroatoms. The zero-order valence-electron chi connectivity index (χ0n) is 18.9. The van der Waals surface area contributed by atoms with Crippen molar-refractivity contribution in [2.45, 2.75) is 39.8 Å². The molecule has 1 fully saturated rings. The van der Waals surface area contributed by atoms with E-state index in [0.717, 1.165) is 6.42 Å². The van der Waals surface area contributed by atoms with Gasteiger partial charge in [-0.3, -0.25) is 14.5 Å². The lowest BCUT2D eigenvalue weighted by molar-refractivity contribution is -0.140. The second-order valence-electron chi connectivity index (χ2n) is 7.42. The van der Waals surface area contributed by atoms with E-state index >= 15 is 0 Å². The number of likely N-dealkylation sites (tertiary alicyclic amines) is 1. The van der Waals surface area contributed by atoms with E-state index < -0.39 is 0 Å². The number of urea groups is 1. The summed E-state index contributed by atoms with van der Waals surface area (Å²) >= 11 is 0. The first kappa shape index (κ1) is 25.7. The fraction of sp³-hybridized carbons (Fsp3) is 0.750. The molecule has 12 nitrogen and oxygen atoms in total. The summed E-state index contributed by atoms with van der Waals surface area (Å²) in [5, 5.41) is 13.4. The summed E-state index contributed by atoms with van der Waals surface area (Å²) in [7, 11) is 0. The summed E-state index contributed by atoms with van der Waals surface area (Å²) < 4.78 is 17.9. The Hall–Kier alpha value is -2.57. The third-order valence-corrected chi connectivity index (χ3v) is 4.65. The van der Waals surface area contributed by atoms with Gasteiger partial charge in [0.25, 0.3) is 0 Å². The minimum absolute atomic E-state index is 0.154. The van der Waals surface area contributed by atoms with Gasteiger partial charge in [-0.15, -0.1) is 5.10 Å². The molecule has 0 radical (unpaired) electrons. The molecule has 1 aliphatic heterocycles. The Labute approximate surface area is 187 Å². The van der Waals surface area contributed by atoms with E-state index in [2.05, 4.69) is 20.9 Å². The van der Waals surface area contributed by atoms with E-state index in [1.54, 1.807) is 17.8 Å². The van der Waals surface area contributed by atoms with Crippen molar-refractivity contribution in [3.63, 3.8) is 0 Å². The molecule has 0 aromatic carbocycles. The van der Waals surface area contributed by atoms with Crippen molar-refractivity contribution in [3.8, 4) is 0 Å². The molecule has 1 aromatic heterocycles. The Kier molecular flexibility index (Phi) is 11.6. The van der Waals surface area contributed by atoms with Gasteiger partial charge in [-0.25, -0.2) is 9.48 Å². The van der Waals surface area contributed by atoms with E-state index in [9.17, 15) is 14.4 Å². The normalized spacial score (nSPS) is 16.1. The number of imide groups is 1. The number of hydrogen-bond acceptors (Lipinski definition) is 8. The molecular weight excluding hydrogens is 420 g/mol. The molecule has 180 valence electrons. The third kappa shape index (κ3) is 9.28. The molecule has 4 amide bonds. The zero-order valence-corrected chi connectivity index (χ0v) is 18.9. The summed E-state index contributed by atoms with van der Waals surface area (Å²) in [5.41, 5.74) is 0.570. The highest BCUT2D eigenvalue weighted by atomic mass is 16.5. The van der Waals surface area contributed by atoms with Gasteiger partial charge in [0.05, 0.1) is 58.9 Å². The average Bonchev–Trinajstić information content (AvgIpc) is 3.32. The van der Waals surface area contributed by atoms with E-state index in [1.807, 2.05) is 6.92 Å². The number of nitrogens with one attached hydrogen (secondary N) is 2. The molecule has 0 spiro atoms. The summed E-state index contributed by atoms with van der Waals surface area (Å²) in [6, 6.07) is -0.183. The van der Waals surface area contributed by atoms with Crippen LogP contribution in [0.15, 0.2) is 6.20 Å². The number of aromatic nitrogens is 3. The summed E-state index contributed by atoms with van der Waals surface area (Å²) in [5.74, 6) is -0.595.